The number of rotatable bonds is 5. The Morgan fingerprint density at radius 1 is 1.05 bits per heavy atom. The lowest BCUT2D eigenvalue weighted by Crippen LogP contribution is -2.20. The second kappa shape index (κ2) is 6.56. The number of aromatic hydroxyl groups is 1. The standard InChI is InChI=1S/C18H22O2/c1-3-17(13-5-9-15(19)10-6-13)18(4-2)14-7-11-16(20)12-8-14/h5-13,17-18,20H,3-4H2,1-2H3. The van der Waals surface area contributed by atoms with E-state index in [2.05, 4.69) is 13.8 Å². The summed E-state index contributed by atoms with van der Waals surface area (Å²) < 4.78 is 0. The minimum Gasteiger partial charge on any atom is -0.508 e. The smallest absolute Gasteiger partial charge is 0.178 e. The minimum absolute atomic E-state index is 0.0776. The molecule has 0 spiro atoms. The van der Waals surface area contributed by atoms with Gasteiger partial charge in [-0.15, -0.1) is 0 Å². The predicted octanol–water partition coefficient (Wildman–Crippen LogP) is 4.22. The van der Waals surface area contributed by atoms with Crippen molar-refractivity contribution in [2.75, 3.05) is 0 Å². The minimum atomic E-state index is 0.0776. The third kappa shape index (κ3) is 3.19. The van der Waals surface area contributed by atoms with E-state index < -0.39 is 0 Å². The van der Waals surface area contributed by atoms with Crippen molar-refractivity contribution in [3.63, 3.8) is 0 Å². The van der Waals surface area contributed by atoms with Crippen molar-refractivity contribution in [1.82, 2.24) is 0 Å². The van der Waals surface area contributed by atoms with Crippen molar-refractivity contribution >= 4 is 5.78 Å². The van der Waals surface area contributed by atoms with Gasteiger partial charge in [0.05, 0.1) is 0 Å². The molecule has 0 saturated carbocycles. The van der Waals surface area contributed by atoms with E-state index in [1.807, 2.05) is 24.3 Å². The molecular weight excluding hydrogens is 248 g/mol. The molecule has 20 heavy (non-hydrogen) atoms. The van der Waals surface area contributed by atoms with Crippen molar-refractivity contribution in [2.24, 2.45) is 11.8 Å². The summed E-state index contributed by atoms with van der Waals surface area (Å²) in [6, 6.07) is 7.52. The molecule has 2 unspecified atom stereocenters. The molecule has 2 heteroatoms. The molecule has 106 valence electrons. The molecule has 1 N–H and O–H groups in total. The topological polar surface area (TPSA) is 37.3 Å². The van der Waals surface area contributed by atoms with Crippen molar-refractivity contribution in [3.05, 3.63) is 54.1 Å². The van der Waals surface area contributed by atoms with Crippen LogP contribution in [0.2, 0.25) is 0 Å². The average Bonchev–Trinajstić information content (AvgIpc) is 2.47. The van der Waals surface area contributed by atoms with Crippen LogP contribution in [0.15, 0.2) is 48.6 Å². The van der Waals surface area contributed by atoms with Crippen LogP contribution in [0.4, 0.5) is 0 Å². The van der Waals surface area contributed by atoms with Gasteiger partial charge in [0.25, 0.3) is 0 Å². The lowest BCUT2D eigenvalue weighted by Gasteiger charge is -2.30. The van der Waals surface area contributed by atoms with Crippen LogP contribution in [-0.2, 0) is 4.79 Å². The molecule has 0 aromatic heterocycles. The van der Waals surface area contributed by atoms with Crippen molar-refractivity contribution in [1.29, 1.82) is 0 Å². The SMILES string of the molecule is CCC(c1ccc(O)cc1)C(CC)C1C=CC(=O)C=C1. The average molecular weight is 270 g/mol. The van der Waals surface area contributed by atoms with Gasteiger partial charge in [-0.05, 0) is 54.0 Å². The highest BCUT2D eigenvalue weighted by Gasteiger charge is 2.26. The number of hydrogen-bond donors (Lipinski definition) is 1. The fraction of sp³-hybridized carbons (Fsp3) is 0.389. The molecule has 0 fully saturated rings. The molecule has 0 bridgehead atoms. The first kappa shape index (κ1) is 14.6. The summed E-state index contributed by atoms with van der Waals surface area (Å²) in [4.78, 5) is 11.3. The predicted molar refractivity (Wildman–Crippen MR) is 81.7 cm³/mol. The van der Waals surface area contributed by atoms with Crippen LogP contribution in [0, 0.1) is 11.8 Å². The van der Waals surface area contributed by atoms with E-state index in [-0.39, 0.29) is 5.78 Å². The number of hydrogen-bond acceptors (Lipinski definition) is 2. The van der Waals surface area contributed by atoms with E-state index in [0.29, 0.717) is 23.5 Å². The van der Waals surface area contributed by atoms with Gasteiger partial charge in [-0.1, -0.05) is 44.6 Å². The monoisotopic (exact) mass is 270 g/mol. The molecule has 2 nitrogen and oxygen atoms in total. The van der Waals surface area contributed by atoms with Gasteiger partial charge in [0, 0.05) is 0 Å². The molecule has 2 rings (SSSR count). The number of phenolic OH excluding ortho intramolecular Hbond substituents is 1. The van der Waals surface area contributed by atoms with E-state index in [9.17, 15) is 9.90 Å². The van der Waals surface area contributed by atoms with E-state index in [1.54, 1.807) is 24.3 Å². The Morgan fingerprint density at radius 2 is 1.65 bits per heavy atom. The third-order valence-electron chi connectivity index (χ3n) is 4.21. The van der Waals surface area contributed by atoms with Gasteiger partial charge < -0.3 is 5.11 Å². The first-order valence-corrected chi connectivity index (χ1v) is 7.35. The maximum atomic E-state index is 11.3. The van der Waals surface area contributed by atoms with Gasteiger partial charge in [-0.2, -0.15) is 0 Å². The van der Waals surface area contributed by atoms with E-state index in [1.165, 1.54) is 5.56 Å². The Labute approximate surface area is 120 Å². The highest BCUT2D eigenvalue weighted by Crippen LogP contribution is 2.37. The molecule has 1 aromatic carbocycles. The van der Waals surface area contributed by atoms with Crippen molar-refractivity contribution in [2.45, 2.75) is 32.6 Å². The number of carbonyl (C=O) groups excluding carboxylic acids is 1. The summed E-state index contributed by atoms with van der Waals surface area (Å²) in [5.41, 5.74) is 1.26. The molecule has 0 heterocycles. The van der Waals surface area contributed by atoms with Crippen LogP contribution >= 0.6 is 0 Å². The third-order valence-corrected chi connectivity index (χ3v) is 4.21. The summed E-state index contributed by atoms with van der Waals surface area (Å²) in [7, 11) is 0. The van der Waals surface area contributed by atoms with Crippen molar-refractivity contribution in [3.8, 4) is 5.75 Å². The van der Waals surface area contributed by atoms with Crippen LogP contribution in [-0.4, -0.2) is 10.9 Å². The Morgan fingerprint density at radius 3 is 2.15 bits per heavy atom. The maximum Gasteiger partial charge on any atom is 0.178 e. The molecule has 2 atom stereocenters. The number of allylic oxidation sites excluding steroid dienone is 4. The van der Waals surface area contributed by atoms with Crippen LogP contribution in [0.25, 0.3) is 0 Å². The zero-order valence-electron chi connectivity index (χ0n) is 12.1. The normalized spacial score (nSPS) is 18.2. The van der Waals surface area contributed by atoms with Gasteiger partial charge in [-0.25, -0.2) is 0 Å². The van der Waals surface area contributed by atoms with Crippen LogP contribution < -0.4 is 0 Å². The molecule has 0 aliphatic heterocycles. The number of benzene rings is 1. The van der Waals surface area contributed by atoms with Gasteiger partial charge >= 0.3 is 0 Å². The van der Waals surface area contributed by atoms with Gasteiger partial charge in [0.1, 0.15) is 5.75 Å². The molecule has 0 saturated heterocycles. The second-order valence-electron chi connectivity index (χ2n) is 5.38. The Bertz CT molecular complexity index is 495. The molecule has 1 aliphatic carbocycles. The summed E-state index contributed by atoms with van der Waals surface area (Å²) in [5, 5.41) is 9.43. The largest absolute Gasteiger partial charge is 0.508 e. The number of ketones is 1. The van der Waals surface area contributed by atoms with Gasteiger partial charge in [0.2, 0.25) is 0 Å². The highest BCUT2D eigenvalue weighted by molar-refractivity contribution is 6.00. The zero-order valence-corrected chi connectivity index (χ0v) is 12.1. The molecule has 1 aliphatic rings. The second-order valence-corrected chi connectivity index (χ2v) is 5.38. The Hall–Kier alpha value is -1.83. The van der Waals surface area contributed by atoms with Crippen LogP contribution in [0.3, 0.4) is 0 Å². The van der Waals surface area contributed by atoms with E-state index in [4.69, 9.17) is 0 Å². The Balaban J connectivity index is 2.23. The number of carbonyl (C=O) groups is 1. The van der Waals surface area contributed by atoms with E-state index >= 15 is 0 Å². The number of phenols is 1. The van der Waals surface area contributed by atoms with Crippen LogP contribution in [0.5, 0.6) is 5.75 Å². The Kier molecular flexibility index (Phi) is 4.78. The van der Waals surface area contributed by atoms with Crippen molar-refractivity contribution < 1.29 is 9.90 Å². The zero-order chi connectivity index (χ0) is 14.5. The van der Waals surface area contributed by atoms with Gasteiger partial charge in [0.15, 0.2) is 5.78 Å². The lowest BCUT2D eigenvalue weighted by atomic mass is 9.74. The summed E-state index contributed by atoms with van der Waals surface area (Å²) in [6.45, 7) is 4.40. The maximum absolute atomic E-state index is 11.3. The molecule has 1 aromatic rings. The molecular formula is C18H22O2. The summed E-state index contributed by atoms with van der Waals surface area (Å²) in [5.74, 6) is 1.61. The lowest BCUT2D eigenvalue weighted by molar-refractivity contribution is -0.110. The first-order valence-electron chi connectivity index (χ1n) is 7.35. The first-order chi connectivity index (χ1) is 9.65. The van der Waals surface area contributed by atoms with Crippen LogP contribution in [0.1, 0.15) is 38.2 Å². The molecule has 0 amide bonds. The summed E-state index contributed by atoms with van der Waals surface area (Å²) in [6.07, 6.45) is 9.52. The highest BCUT2D eigenvalue weighted by atomic mass is 16.3. The van der Waals surface area contributed by atoms with Gasteiger partial charge in [-0.3, -0.25) is 4.79 Å². The molecule has 0 radical (unpaired) electrons. The fourth-order valence-corrected chi connectivity index (χ4v) is 3.15. The summed E-state index contributed by atoms with van der Waals surface area (Å²) >= 11 is 0. The van der Waals surface area contributed by atoms with E-state index in [0.717, 1.165) is 12.8 Å². The fourth-order valence-electron chi connectivity index (χ4n) is 3.15. The quantitative estimate of drug-likeness (QED) is 0.869.